The summed E-state index contributed by atoms with van der Waals surface area (Å²) in [5.74, 6) is -0.0717. The number of sulfone groups is 1. The van der Waals surface area contributed by atoms with Crippen molar-refractivity contribution in [2.75, 3.05) is 26.0 Å². The van der Waals surface area contributed by atoms with Crippen LogP contribution in [-0.4, -0.2) is 50.2 Å². The standard InChI is InChI=1S/C23H24N2O4S/c1-30(27,28)17-8-6-16(7-9-17)22(26)25-13-11-23(12-14-25)21-19(10-15-29-23)18-4-2-3-5-20(18)24-21/h2-9,24H,10-15H2,1H3. The quantitative estimate of drug-likeness (QED) is 0.685. The van der Waals surface area contributed by atoms with Crippen LogP contribution in [0.3, 0.4) is 0 Å². The molecule has 2 aromatic carbocycles. The van der Waals surface area contributed by atoms with E-state index in [0.717, 1.165) is 31.0 Å². The number of nitrogens with zero attached hydrogens (tertiary/aromatic N) is 1. The van der Waals surface area contributed by atoms with E-state index in [1.54, 1.807) is 12.1 Å². The molecule has 0 unspecified atom stereocenters. The van der Waals surface area contributed by atoms with Crippen molar-refractivity contribution in [3.63, 3.8) is 0 Å². The van der Waals surface area contributed by atoms with Gasteiger partial charge in [0.2, 0.25) is 0 Å². The van der Waals surface area contributed by atoms with Crippen molar-refractivity contribution in [1.29, 1.82) is 0 Å². The minimum absolute atomic E-state index is 0.0717. The van der Waals surface area contributed by atoms with E-state index >= 15 is 0 Å². The molecule has 0 bridgehead atoms. The summed E-state index contributed by atoms with van der Waals surface area (Å²) in [6, 6.07) is 14.5. The molecule has 1 N–H and O–H groups in total. The number of likely N-dealkylation sites (tertiary alicyclic amines) is 1. The Balaban J connectivity index is 1.36. The van der Waals surface area contributed by atoms with Gasteiger partial charge in [0.05, 0.1) is 17.2 Å². The Morgan fingerprint density at radius 3 is 2.47 bits per heavy atom. The Morgan fingerprint density at radius 2 is 1.77 bits per heavy atom. The average Bonchev–Trinajstić information content (AvgIpc) is 3.14. The number of ether oxygens (including phenoxy) is 1. The molecule has 1 amide bonds. The minimum atomic E-state index is -3.27. The molecular formula is C23H24N2O4S. The molecule has 1 saturated heterocycles. The Labute approximate surface area is 175 Å². The maximum atomic E-state index is 12.9. The molecule has 0 saturated carbocycles. The number of amides is 1. The lowest BCUT2D eigenvalue weighted by atomic mass is 9.83. The predicted molar refractivity (Wildman–Crippen MR) is 114 cm³/mol. The van der Waals surface area contributed by atoms with Crippen molar-refractivity contribution in [2.45, 2.75) is 29.8 Å². The van der Waals surface area contributed by atoms with Gasteiger partial charge in [0.1, 0.15) is 5.60 Å². The summed E-state index contributed by atoms with van der Waals surface area (Å²) in [7, 11) is -3.27. The summed E-state index contributed by atoms with van der Waals surface area (Å²) >= 11 is 0. The fraction of sp³-hybridized carbons (Fsp3) is 0.348. The van der Waals surface area contributed by atoms with E-state index in [-0.39, 0.29) is 16.4 Å². The summed E-state index contributed by atoms with van der Waals surface area (Å²) in [5.41, 5.74) is 3.78. The number of H-pyrrole nitrogens is 1. The largest absolute Gasteiger partial charge is 0.368 e. The van der Waals surface area contributed by atoms with Gasteiger partial charge >= 0.3 is 0 Å². The third kappa shape index (κ3) is 3.13. The molecule has 2 aliphatic rings. The molecule has 156 valence electrons. The zero-order chi connectivity index (χ0) is 20.9. The first-order valence-corrected chi connectivity index (χ1v) is 12.1. The van der Waals surface area contributed by atoms with E-state index in [2.05, 4.69) is 23.2 Å². The van der Waals surface area contributed by atoms with Crippen LogP contribution in [0.25, 0.3) is 10.9 Å². The van der Waals surface area contributed by atoms with Gasteiger partial charge in [0.25, 0.3) is 5.91 Å². The molecule has 3 heterocycles. The lowest BCUT2D eigenvalue weighted by Gasteiger charge is -2.43. The van der Waals surface area contributed by atoms with Gasteiger partial charge in [-0.3, -0.25) is 4.79 Å². The molecule has 30 heavy (non-hydrogen) atoms. The van der Waals surface area contributed by atoms with E-state index in [4.69, 9.17) is 4.74 Å². The highest BCUT2D eigenvalue weighted by molar-refractivity contribution is 7.90. The SMILES string of the molecule is CS(=O)(=O)c1ccc(C(=O)N2CCC3(CC2)OCCc2c3[nH]c3ccccc23)cc1. The van der Waals surface area contributed by atoms with Crippen molar-refractivity contribution in [3.05, 3.63) is 65.4 Å². The maximum absolute atomic E-state index is 12.9. The second-order valence-electron chi connectivity index (χ2n) is 8.21. The highest BCUT2D eigenvalue weighted by atomic mass is 32.2. The number of hydrogen-bond acceptors (Lipinski definition) is 4. The van der Waals surface area contributed by atoms with Gasteiger partial charge in [0.15, 0.2) is 9.84 Å². The van der Waals surface area contributed by atoms with Crippen molar-refractivity contribution >= 4 is 26.6 Å². The number of carbonyl (C=O) groups is 1. The number of aromatic amines is 1. The van der Waals surface area contributed by atoms with E-state index in [1.165, 1.54) is 28.8 Å². The van der Waals surface area contributed by atoms with Gasteiger partial charge in [-0.25, -0.2) is 8.42 Å². The second-order valence-corrected chi connectivity index (χ2v) is 10.2. The van der Waals surface area contributed by atoms with Crippen LogP contribution in [0.2, 0.25) is 0 Å². The lowest BCUT2D eigenvalue weighted by Crippen LogP contribution is -2.48. The highest BCUT2D eigenvalue weighted by Gasteiger charge is 2.43. The first-order valence-electron chi connectivity index (χ1n) is 10.2. The molecule has 1 fully saturated rings. The predicted octanol–water partition coefficient (Wildman–Crippen LogP) is 3.28. The monoisotopic (exact) mass is 424 g/mol. The number of benzene rings is 2. The second kappa shape index (κ2) is 6.96. The zero-order valence-electron chi connectivity index (χ0n) is 16.8. The first kappa shape index (κ1) is 19.3. The number of piperidine rings is 1. The van der Waals surface area contributed by atoms with Gasteiger partial charge in [-0.1, -0.05) is 18.2 Å². The molecule has 1 spiro atoms. The number of nitrogens with one attached hydrogen (secondary N) is 1. The van der Waals surface area contributed by atoms with Crippen LogP contribution in [0.15, 0.2) is 53.4 Å². The fourth-order valence-electron chi connectivity index (χ4n) is 4.76. The number of rotatable bonds is 2. The molecule has 1 aromatic heterocycles. The zero-order valence-corrected chi connectivity index (χ0v) is 17.7. The molecule has 0 aliphatic carbocycles. The first-order chi connectivity index (χ1) is 14.4. The summed E-state index contributed by atoms with van der Waals surface area (Å²) in [6.45, 7) is 1.89. The molecule has 7 heteroatoms. The van der Waals surface area contributed by atoms with Crippen LogP contribution in [-0.2, 0) is 26.6 Å². The van der Waals surface area contributed by atoms with E-state index in [9.17, 15) is 13.2 Å². The number of para-hydroxylation sites is 1. The van der Waals surface area contributed by atoms with Gasteiger partial charge in [-0.05, 0) is 55.2 Å². The smallest absolute Gasteiger partial charge is 0.253 e. The van der Waals surface area contributed by atoms with Gasteiger partial charge < -0.3 is 14.6 Å². The van der Waals surface area contributed by atoms with Gasteiger partial charge in [-0.15, -0.1) is 0 Å². The summed E-state index contributed by atoms with van der Waals surface area (Å²) in [5, 5.41) is 1.26. The summed E-state index contributed by atoms with van der Waals surface area (Å²) in [4.78, 5) is 18.6. The van der Waals surface area contributed by atoms with Crippen LogP contribution in [0, 0.1) is 0 Å². The van der Waals surface area contributed by atoms with Crippen LogP contribution < -0.4 is 0 Å². The number of fused-ring (bicyclic) bond motifs is 4. The Morgan fingerprint density at radius 1 is 1.07 bits per heavy atom. The molecule has 3 aromatic rings. The molecule has 0 radical (unpaired) electrons. The van der Waals surface area contributed by atoms with Crippen LogP contribution in [0.5, 0.6) is 0 Å². The van der Waals surface area contributed by atoms with Crippen molar-refractivity contribution in [1.82, 2.24) is 9.88 Å². The lowest BCUT2D eigenvalue weighted by molar-refractivity contribution is -0.0957. The van der Waals surface area contributed by atoms with E-state index < -0.39 is 9.84 Å². The van der Waals surface area contributed by atoms with Gasteiger partial charge in [0, 0.05) is 35.8 Å². The Hall–Kier alpha value is -2.64. The van der Waals surface area contributed by atoms with E-state index in [1.807, 2.05) is 11.0 Å². The van der Waals surface area contributed by atoms with Crippen molar-refractivity contribution in [3.8, 4) is 0 Å². The third-order valence-corrected chi connectivity index (χ3v) is 7.52. The van der Waals surface area contributed by atoms with Crippen LogP contribution in [0.1, 0.15) is 34.5 Å². The van der Waals surface area contributed by atoms with Crippen molar-refractivity contribution in [2.24, 2.45) is 0 Å². The maximum Gasteiger partial charge on any atom is 0.253 e. The Bertz CT molecular complexity index is 1220. The van der Waals surface area contributed by atoms with E-state index in [0.29, 0.717) is 25.3 Å². The Kier molecular flexibility index (Phi) is 4.48. The highest BCUT2D eigenvalue weighted by Crippen LogP contribution is 2.43. The molecule has 0 atom stereocenters. The third-order valence-electron chi connectivity index (χ3n) is 6.39. The molecule has 5 rings (SSSR count). The fourth-order valence-corrected chi connectivity index (χ4v) is 5.39. The van der Waals surface area contributed by atoms with Crippen molar-refractivity contribution < 1.29 is 17.9 Å². The molecule has 6 nitrogen and oxygen atoms in total. The number of hydrogen-bond donors (Lipinski definition) is 1. The molecular weight excluding hydrogens is 400 g/mol. The number of aromatic nitrogens is 1. The minimum Gasteiger partial charge on any atom is -0.368 e. The topological polar surface area (TPSA) is 79.5 Å². The van der Waals surface area contributed by atoms with Gasteiger partial charge in [-0.2, -0.15) is 0 Å². The number of carbonyl (C=O) groups excluding carboxylic acids is 1. The van der Waals surface area contributed by atoms with Crippen LogP contribution >= 0.6 is 0 Å². The average molecular weight is 425 g/mol. The summed E-state index contributed by atoms with van der Waals surface area (Å²) < 4.78 is 29.6. The van der Waals surface area contributed by atoms with Crippen LogP contribution in [0.4, 0.5) is 0 Å². The normalized spacial score (nSPS) is 18.5. The summed E-state index contributed by atoms with van der Waals surface area (Å²) in [6.07, 6.45) is 3.53. The molecule has 2 aliphatic heterocycles.